The third-order valence-corrected chi connectivity index (χ3v) is 7.25. The molecule has 7 heteroatoms. The molecule has 0 aromatic heterocycles. The van der Waals surface area contributed by atoms with Crippen molar-refractivity contribution in [2.45, 2.75) is 30.7 Å². The Labute approximate surface area is 195 Å². The summed E-state index contributed by atoms with van der Waals surface area (Å²) >= 11 is 0. The lowest BCUT2D eigenvalue weighted by Crippen LogP contribution is -2.40. The summed E-state index contributed by atoms with van der Waals surface area (Å²) in [4.78, 5) is 24.3. The predicted molar refractivity (Wildman–Crippen MR) is 128 cm³/mol. The van der Waals surface area contributed by atoms with Crippen LogP contribution in [-0.2, 0) is 21.2 Å². The molecule has 0 heterocycles. The lowest BCUT2D eigenvalue weighted by atomic mass is 9.99. The zero-order valence-corrected chi connectivity index (χ0v) is 19.6. The van der Waals surface area contributed by atoms with Crippen molar-refractivity contribution in [3.8, 4) is 0 Å². The minimum Gasteiger partial charge on any atom is -0.348 e. The fourth-order valence-corrected chi connectivity index (χ4v) is 4.66. The van der Waals surface area contributed by atoms with E-state index < -0.39 is 10.0 Å². The van der Waals surface area contributed by atoms with E-state index in [2.05, 4.69) is 5.32 Å². The first-order chi connectivity index (χ1) is 15.8. The van der Waals surface area contributed by atoms with Crippen LogP contribution in [-0.4, -0.2) is 38.0 Å². The number of Topliss-reactive ketones (excluding diaryl/α,β-unsaturated/α-hetero) is 1. The maximum Gasteiger partial charge on any atom is 0.243 e. The highest BCUT2D eigenvalue weighted by atomic mass is 32.2. The van der Waals surface area contributed by atoms with Gasteiger partial charge in [0.05, 0.1) is 17.5 Å². The molecule has 1 N–H and O–H groups in total. The van der Waals surface area contributed by atoms with E-state index >= 15 is 0 Å². The van der Waals surface area contributed by atoms with Crippen molar-refractivity contribution in [3.05, 3.63) is 102 Å². The third-order valence-electron chi connectivity index (χ3n) is 5.44. The quantitative estimate of drug-likeness (QED) is 0.460. The van der Waals surface area contributed by atoms with E-state index in [9.17, 15) is 18.0 Å². The second-order valence-corrected chi connectivity index (χ2v) is 9.94. The highest BCUT2D eigenvalue weighted by Crippen LogP contribution is 2.20. The van der Waals surface area contributed by atoms with Gasteiger partial charge >= 0.3 is 0 Å². The minimum absolute atomic E-state index is 0.0338. The average Bonchev–Trinajstić information content (AvgIpc) is 2.83. The van der Waals surface area contributed by atoms with Crippen molar-refractivity contribution < 1.29 is 18.0 Å². The van der Waals surface area contributed by atoms with E-state index in [-0.39, 0.29) is 29.2 Å². The molecule has 6 nitrogen and oxygen atoms in total. The molecule has 1 atom stereocenters. The van der Waals surface area contributed by atoms with E-state index in [4.69, 9.17) is 0 Å². The molecule has 33 heavy (non-hydrogen) atoms. The van der Waals surface area contributed by atoms with Gasteiger partial charge in [0, 0.05) is 12.6 Å². The largest absolute Gasteiger partial charge is 0.348 e. The molecule has 0 radical (unpaired) electrons. The number of benzene rings is 3. The average molecular weight is 465 g/mol. The van der Waals surface area contributed by atoms with Gasteiger partial charge in [-0.25, -0.2) is 8.42 Å². The van der Waals surface area contributed by atoms with Gasteiger partial charge in [-0.15, -0.1) is 0 Å². The second kappa shape index (κ2) is 11.0. The number of carbonyl (C=O) groups excluding carboxylic acids is 2. The second-order valence-electron chi connectivity index (χ2n) is 7.90. The van der Waals surface area contributed by atoms with Gasteiger partial charge in [-0.1, -0.05) is 72.8 Å². The van der Waals surface area contributed by atoms with E-state index in [0.29, 0.717) is 12.0 Å². The number of nitrogens with zero attached hydrogens (tertiary/aromatic N) is 1. The van der Waals surface area contributed by atoms with Crippen LogP contribution in [0.2, 0.25) is 0 Å². The molecule has 0 bridgehead atoms. The first-order valence-corrected chi connectivity index (χ1v) is 12.2. The molecule has 3 rings (SSSR count). The maximum absolute atomic E-state index is 12.9. The molecule has 3 aromatic rings. The van der Waals surface area contributed by atoms with Crippen molar-refractivity contribution in [3.63, 3.8) is 0 Å². The Balaban J connectivity index is 1.68. The Morgan fingerprint density at radius 3 is 2.03 bits per heavy atom. The third kappa shape index (κ3) is 6.60. The molecule has 1 unspecified atom stereocenters. The lowest BCUT2D eigenvalue weighted by molar-refractivity contribution is -0.121. The molecule has 0 fully saturated rings. The standard InChI is InChI=1S/C26H28N2O4S/c1-20(29)22-14-16-24(17-15-22)33(31,32)28(2)19-26(30)27-25(23-11-7-4-8-12-23)18-13-21-9-5-3-6-10-21/h3-12,14-17,25H,13,18-19H2,1-2H3,(H,27,30). The summed E-state index contributed by atoms with van der Waals surface area (Å²) in [6, 6.07) is 25.1. The first kappa shape index (κ1) is 24.4. The number of rotatable bonds is 10. The molecule has 3 aromatic carbocycles. The van der Waals surface area contributed by atoms with Gasteiger partial charge in [0.1, 0.15) is 0 Å². The zero-order valence-electron chi connectivity index (χ0n) is 18.8. The molecular weight excluding hydrogens is 436 g/mol. The number of carbonyl (C=O) groups is 2. The van der Waals surface area contributed by atoms with Crippen LogP contribution < -0.4 is 5.32 Å². The topological polar surface area (TPSA) is 83.6 Å². The first-order valence-electron chi connectivity index (χ1n) is 10.7. The molecule has 0 aliphatic carbocycles. The Kier molecular flexibility index (Phi) is 8.14. The monoisotopic (exact) mass is 464 g/mol. The van der Waals surface area contributed by atoms with Crippen LogP contribution in [0.25, 0.3) is 0 Å². The Bertz CT molecular complexity index is 1180. The molecule has 172 valence electrons. The van der Waals surface area contributed by atoms with Crippen LogP contribution in [0.1, 0.15) is 40.9 Å². The van der Waals surface area contributed by atoms with Crippen LogP contribution >= 0.6 is 0 Å². The Hall–Kier alpha value is -3.29. The van der Waals surface area contributed by atoms with Gasteiger partial charge in [0.25, 0.3) is 0 Å². The molecule has 0 spiro atoms. The van der Waals surface area contributed by atoms with Gasteiger partial charge in [0.2, 0.25) is 15.9 Å². The molecular formula is C26H28N2O4S. The van der Waals surface area contributed by atoms with E-state index in [1.165, 1.54) is 43.8 Å². The summed E-state index contributed by atoms with van der Waals surface area (Å²) in [5, 5.41) is 2.99. The van der Waals surface area contributed by atoms with Crippen molar-refractivity contribution in [2.24, 2.45) is 0 Å². The molecule has 0 saturated heterocycles. The number of nitrogens with one attached hydrogen (secondary N) is 1. The summed E-state index contributed by atoms with van der Waals surface area (Å²) in [7, 11) is -2.50. The van der Waals surface area contributed by atoms with Crippen molar-refractivity contribution >= 4 is 21.7 Å². The number of likely N-dealkylation sites (N-methyl/N-ethyl adjacent to an activating group) is 1. The number of hydrogen-bond acceptors (Lipinski definition) is 4. The summed E-state index contributed by atoms with van der Waals surface area (Å²) in [6.45, 7) is 1.10. The van der Waals surface area contributed by atoms with Gasteiger partial charge in [-0.2, -0.15) is 4.31 Å². The maximum atomic E-state index is 12.9. The Morgan fingerprint density at radius 1 is 0.879 bits per heavy atom. The summed E-state index contributed by atoms with van der Waals surface area (Å²) < 4.78 is 26.8. The van der Waals surface area contributed by atoms with Crippen LogP contribution in [0.4, 0.5) is 0 Å². The van der Waals surface area contributed by atoms with Crippen molar-refractivity contribution in [2.75, 3.05) is 13.6 Å². The number of amides is 1. The van der Waals surface area contributed by atoms with Crippen molar-refractivity contribution in [1.29, 1.82) is 0 Å². The van der Waals surface area contributed by atoms with Crippen LogP contribution in [0, 0.1) is 0 Å². The minimum atomic E-state index is -3.87. The number of hydrogen-bond donors (Lipinski definition) is 1. The SMILES string of the molecule is CC(=O)c1ccc(S(=O)(=O)N(C)CC(=O)NC(CCc2ccccc2)c2ccccc2)cc1. The molecule has 1 amide bonds. The Morgan fingerprint density at radius 2 is 1.45 bits per heavy atom. The van der Waals surface area contributed by atoms with E-state index in [1.807, 2.05) is 60.7 Å². The van der Waals surface area contributed by atoms with E-state index in [1.54, 1.807) is 0 Å². The molecule has 0 saturated carbocycles. The van der Waals surface area contributed by atoms with Gasteiger partial charge in [0.15, 0.2) is 5.78 Å². The zero-order chi connectivity index (χ0) is 23.8. The lowest BCUT2D eigenvalue weighted by Gasteiger charge is -2.22. The fourth-order valence-electron chi connectivity index (χ4n) is 3.53. The number of aryl methyl sites for hydroxylation is 1. The smallest absolute Gasteiger partial charge is 0.243 e. The van der Waals surface area contributed by atoms with Crippen LogP contribution in [0.5, 0.6) is 0 Å². The summed E-state index contributed by atoms with van der Waals surface area (Å²) in [6.07, 6.45) is 1.46. The predicted octanol–water partition coefficient (Wildman–Crippen LogP) is 4.00. The normalized spacial score (nSPS) is 12.3. The highest BCUT2D eigenvalue weighted by Gasteiger charge is 2.24. The number of sulfonamides is 1. The van der Waals surface area contributed by atoms with Gasteiger partial charge in [-0.05, 0) is 43.0 Å². The van der Waals surface area contributed by atoms with Gasteiger partial charge in [-0.3, -0.25) is 9.59 Å². The van der Waals surface area contributed by atoms with Gasteiger partial charge < -0.3 is 5.32 Å². The van der Waals surface area contributed by atoms with Crippen LogP contribution in [0.15, 0.2) is 89.8 Å². The molecule has 0 aliphatic rings. The summed E-state index contributed by atoms with van der Waals surface area (Å²) in [5.74, 6) is -0.530. The summed E-state index contributed by atoms with van der Waals surface area (Å²) in [5.41, 5.74) is 2.56. The highest BCUT2D eigenvalue weighted by molar-refractivity contribution is 7.89. The van der Waals surface area contributed by atoms with E-state index in [0.717, 1.165) is 16.3 Å². The molecule has 0 aliphatic heterocycles. The number of ketones is 1. The fraction of sp³-hybridized carbons (Fsp3) is 0.231. The van der Waals surface area contributed by atoms with Crippen molar-refractivity contribution in [1.82, 2.24) is 9.62 Å². The van der Waals surface area contributed by atoms with Crippen LogP contribution in [0.3, 0.4) is 0 Å².